The van der Waals surface area contributed by atoms with Gasteiger partial charge in [-0.3, -0.25) is 20.4 Å². The van der Waals surface area contributed by atoms with Crippen LogP contribution in [0.4, 0.5) is 15.8 Å². The Hall–Kier alpha value is -4.07. The number of rotatable bonds is 8. The van der Waals surface area contributed by atoms with E-state index in [-0.39, 0.29) is 30.7 Å². The van der Waals surface area contributed by atoms with Crippen molar-refractivity contribution in [1.82, 2.24) is 5.43 Å². The van der Waals surface area contributed by atoms with Gasteiger partial charge < -0.3 is 14.4 Å². The highest BCUT2D eigenvalue weighted by atomic mass is 19.1. The molecule has 1 aliphatic rings. The minimum atomic E-state index is -0.453. The number of nitrogens with one attached hydrogen (secondary N) is 2. The van der Waals surface area contributed by atoms with Crippen LogP contribution in [0.25, 0.3) is 0 Å². The lowest BCUT2D eigenvalue weighted by atomic mass is 10.1. The van der Waals surface area contributed by atoms with Crippen LogP contribution in [-0.2, 0) is 16.2 Å². The van der Waals surface area contributed by atoms with E-state index >= 15 is 0 Å². The molecule has 3 aromatic carbocycles. The Balaban J connectivity index is 1.33. The summed E-state index contributed by atoms with van der Waals surface area (Å²) in [4.78, 5) is 26.6. The smallest absolute Gasteiger partial charge is 0.243 e. The molecule has 2 N–H and O–H groups in total. The molecular formula is C25H24FN3O4. The molecule has 0 radical (unpaired) electrons. The van der Waals surface area contributed by atoms with E-state index in [1.54, 1.807) is 35.2 Å². The fourth-order valence-electron chi connectivity index (χ4n) is 3.58. The van der Waals surface area contributed by atoms with Gasteiger partial charge in [0.15, 0.2) is 11.5 Å². The zero-order chi connectivity index (χ0) is 23.2. The summed E-state index contributed by atoms with van der Waals surface area (Å²) < 4.78 is 24.2. The molecular weight excluding hydrogens is 425 g/mol. The number of amides is 2. The SMILES string of the molecule is COc1cc(NNC(=O)[C@H]2CC(=O)N(c3ccccc3)C2)ccc1OCc1ccc(F)cc1. The number of hydrogen-bond acceptors (Lipinski definition) is 5. The zero-order valence-electron chi connectivity index (χ0n) is 18.1. The van der Waals surface area contributed by atoms with Crippen LogP contribution in [0.1, 0.15) is 12.0 Å². The lowest BCUT2D eigenvalue weighted by Crippen LogP contribution is -2.36. The first kappa shape index (κ1) is 22.1. The second kappa shape index (κ2) is 10.0. The van der Waals surface area contributed by atoms with Crippen LogP contribution < -0.4 is 25.2 Å². The van der Waals surface area contributed by atoms with Gasteiger partial charge in [0.2, 0.25) is 11.8 Å². The van der Waals surface area contributed by atoms with Crippen molar-refractivity contribution in [1.29, 1.82) is 0 Å². The standard InChI is InChI=1S/C25H24FN3O4/c1-32-23-14-20(11-12-22(23)33-16-17-7-9-19(26)10-8-17)27-28-25(31)18-13-24(30)29(15-18)21-5-3-2-4-6-21/h2-12,14,18,27H,13,15-16H2,1H3,(H,28,31)/t18-/m0/s1. The van der Waals surface area contributed by atoms with Gasteiger partial charge in [-0.25, -0.2) is 4.39 Å². The van der Waals surface area contributed by atoms with E-state index in [2.05, 4.69) is 10.9 Å². The Bertz CT molecular complexity index is 1120. The summed E-state index contributed by atoms with van der Waals surface area (Å²) in [6.07, 6.45) is 0.155. The number of halogens is 1. The number of carbonyl (C=O) groups is 2. The van der Waals surface area contributed by atoms with Crippen LogP contribution in [0.15, 0.2) is 72.8 Å². The number of methoxy groups -OCH3 is 1. The Labute approximate surface area is 191 Å². The molecule has 0 unspecified atom stereocenters. The van der Waals surface area contributed by atoms with E-state index in [1.807, 2.05) is 30.3 Å². The molecule has 1 heterocycles. The average molecular weight is 449 g/mol. The molecule has 7 nitrogen and oxygen atoms in total. The number of ether oxygens (including phenoxy) is 2. The summed E-state index contributed by atoms with van der Waals surface area (Å²) in [6.45, 7) is 0.587. The molecule has 0 aromatic heterocycles. The van der Waals surface area contributed by atoms with Gasteiger partial charge in [0.25, 0.3) is 0 Å². The third-order valence-electron chi connectivity index (χ3n) is 5.36. The molecule has 0 saturated carbocycles. The molecule has 1 aliphatic heterocycles. The summed E-state index contributed by atoms with van der Waals surface area (Å²) in [7, 11) is 1.52. The Morgan fingerprint density at radius 1 is 1.06 bits per heavy atom. The van der Waals surface area contributed by atoms with E-state index in [0.29, 0.717) is 23.7 Å². The van der Waals surface area contributed by atoms with Crippen molar-refractivity contribution >= 4 is 23.2 Å². The Kier molecular flexibility index (Phi) is 6.73. The van der Waals surface area contributed by atoms with Crippen LogP contribution in [0, 0.1) is 11.7 Å². The second-order valence-electron chi connectivity index (χ2n) is 7.64. The van der Waals surface area contributed by atoms with Crippen molar-refractivity contribution < 1.29 is 23.5 Å². The van der Waals surface area contributed by atoms with Crippen LogP contribution in [0.2, 0.25) is 0 Å². The van der Waals surface area contributed by atoms with Gasteiger partial charge in [0.1, 0.15) is 12.4 Å². The molecule has 3 aromatic rings. The first-order valence-corrected chi connectivity index (χ1v) is 10.5. The maximum atomic E-state index is 13.0. The van der Waals surface area contributed by atoms with Gasteiger partial charge >= 0.3 is 0 Å². The predicted octanol–water partition coefficient (Wildman–Crippen LogP) is 3.91. The van der Waals surface area contributed by atoms with Gasteiger partial charge in [-0.2, -0.15) is 0 Å². The quantitative estimate of drug-likeness (QED) is 0.510. The minimum Gasteiger partial charge on any atom is -0.493 e. The Morgan fingerprint density at radius 3 is 2.55 bits per heavy atom. The van der Waals surface area contributed by atoms with E-state index in [9.17, 15) is 14.0 Å². The molecule has 0 aliphatic carbocycles. The van der Waals surface area contributed by atoms with Crippen molar-refractivity contribution in [3.05, 3.63) is 84.2 Å². The fourth-order valence-corrected chi connectivity index (χ4v) is 3.58. The van der Waals surface area contributed by atoms with Gasteiger partial charge in [-0.15, -0.1) is 0 Å². The summed E-state index contributed by atoms with van der Waals surface area (Å²) >= 11 is 0. The second-order valence-corrected chi connectivity index (χ2v) is 7.64. The van der Waals surface area contributed by atoms with Gasteiger partial charge in [-0.05, 0) is 42.0 Å². The van der Waals surface area contributed by atoms with E-state index in [0.717, 1.165) is 11.3 Å². The molecule has 1 fully saturated rings. The third-order valence-corrected chi connectivity index (χ3v) is 5.36. The number of anilines is 2. The first-order valence-electron chi connectivity index (χ1n) is 10.5. The minimum absolute atomic E-state index is 0.0781. The highest BCUT2D eigenvalue weighted by Crippen LogP contribution is 2.31. The molecule has 33 heavy (non-hydrogen) atoms. The fraction of sp³-hybridized carbons (Fsp3) is 0.200. The van der Waals surface area contributed by atoms with E-state index < -0.39 is 5.92 Å². The molecule has 2 amide bonds. The summed E-state index contributed by atoms with van der Waals surface area (Å²) in [5, 5.41) is 0. The summed E-state index contributed by atoms with van der Waals surface area (Å²) in [5.41, 5.74) is 7.74. The van der Waals surface area contributed by atoms with Crippen molar-refractivity contribution in [3.8, 4) is 11.5 Å². The average Bonchev–Trinajstić information content (AvgIpc) is 3.24. The molecule has 0 spiro atoms. The number of benzene rings is 3. The van der Waals surface area contributed by atoms with Crippen LogP contribution in [0.5, 0.6) is 11.5 Å². The maximum Gasteiger partial charge on any atom is 0.243 e. The lowest BCUT2D eigenvalue weighted by Gasteiger charge is -2.17. The molecule has 1 atom stereocenters. The lowest BCUT2D eigenvalue weighted by molar-refractivity contribution is -0.125. The van der Waals surface area contributed by atoms with Crippen LogP contribution >= 0.6 is 0 Å². The van der Waals surface area contributed by atoms with Crippen molar-refractivity contribution in [2.45, 2.75) is 13.0 Å². The highest BCUT2D eigenvalue weighted by molar-refractivity contribution is 6.00. The topological polar surface area (TPSA) is 79.9 Å². The molecule has 8 heteroatoms. The Morgan fingerprint density at radius 2 is 1.82 bits per heavy atom. The molecule has 170 valence electrons. The first-order chi connectivity index (χ1) is 16.0. The van der Waals surface area contributed by atoms with Gasteiger partial charge in [-0.1, -0.05) is 30.3 Å². The van der Waals surface area contributed by atoms with Crippen molar-refractivity contribution in [3.63, 3.8) is 0 Å². The van der Waals surface area contributed by atoms with E-state index in [4.69, 9.17) is 9.47 Å². The maximum absolute atomic E-state index is 13.0. The van der Waals surface area contributed by atoms with Gasteiger partial charge in [0, 0.05) is 24.7 Å². The number of para-hydroxylation sites is 1. The largest absolute Gasteiger partial charge is 0.493 e. The third kappa shape index (κ3) is 5.41. The normalized spacial score (nSPS) is 15.3. The number of carbonyl (C=O) groups excluding carboxylic acids is 2. The van der Waals surface area contributed by atoms with Gasteiger partial charge in [0.05, 0.1) is 18.7 Å². The van der Waals surface area contributed by atoms with Crippen LogP contribution in [-0.4, -0.2) is 25.5 Å². The monoisotopic (exact) mass is 449 g/mol. The molecule has 1 saturated heterocycles. The van der Waals surface area contributed by atoms with E-state index in [1.165, 1.54) is 19.2 Å². The van der Waals surface area contributed by atoms with Crippen molar-refractivity contribution in [2.75, 3.05) is 24.0 Å². The number of hydrogen-bond donors (Lipinski definition) is 2. The number of nitrogens with zero attached hydrogens (tertiary/aromatic N) is 1. The highest BCUT2D eigenvalue weighted by Gasteiger charge is 2.35. The number of hydrazine groups is 1. The molecule has 4 rings (SSSR count). The van der Waals surface area contributed by atoms with Crippen molar-refractivity contribution in [2.24, 2.45) is 5.92 Å². The summed E-state index contributed by atoms with van der Waals surface area (Å²) in [6, 6.07) is 20.5. The zero-order valence-corrected chi connectivity index (χ0v) is 18.1. The summed E-state index contributed by atoms with van der Waals surface area (Å²) in [5.74, 6) is -0.113. The molecule has 0 bridgehead atoms. The van der Waals surface area contributed by atoms with Crippen LogP contribution in [0.3, 0.4) is 0 Å². The predicted molar refractivity (Wildman–Crippen MR) is 122 cm³/mol.